The zero-order valence-electron chi connectivity index (χ0n) is 9.13. The summed E-state index contributed by atoms with van der Waals surface area (Å²) in [4.78, 5) is 0. The fourth-order valence-corrected chi connectivity index (χ4v) is 2.67. The van der Waals surface area contributed by atoms with E-state index in [9.17, 15) is 0 Å². The first-order chi connectivity index (χ1) is 6.95. The molecule has 1 saturated heterocycles. The molecule has 2 aliphatic rings. The van der Waals surface area contributed by atoms with Gasteiger partial charge in [-0.05, 0) is 31.7 Å². The molecular formula is C12H23NO. The van der Waals surface area contributed by atoms with Crippen LogP contribution in [0.4, 0.5) is 0 Å². The third-order valence-corrected chi connectivity index (χ3v) is 3.60. The first-order valence-corrected chi connectivity index (χ1v) is 6.27. The minimum absolute atomic E-state index is 0.513. The van der Waals surface area contributed by atoms with Crippen molar-refractivity contribution in [1.29, 1.82) is 0 Å². The van der Waals surface area contributed by atoms with Gasteiger partial charge >= 0.3 is 0 Å². The molecule has 1 atom stereocenters. The zero-order chi connectivity index (χ0) is 9.64. The van der Waals surface area contributed by atoms with Crippen molar-refractivity contribution < 1.29 is 4.74 Å². The Labute approximate surface area is 87.4 Å². The summed E-state index contributed by atoms with van der Waals surface area (Å²) >= 11 is 0. The van der Waals surface area contributed by atoms with E-state index in [-0.39, 0.29) is 0 Å². The lowest BCUT2D eigenvalue weighted by atomic mass is 10.0. The largest absolute Gasteiger partial charge is 0.377 e. The average molecular weight is 197 g/mol. The van der Waals surface area contributed by atoms with Gasteiger partial charge in [0.15, 0.2) is 0 Å². The standard InChI is InChI=1S/C12H23NO/c1-2-5-11(4-1)7-8-13-10-12-6-3-9-14-12/h11-13H,1-10H2. The third kappa shape index (κ3) is 3.25. The van der Waals surface area contributed by atoms with Crippen molar-refractivity contribution >= 4 is 0 Å². The summed E-state index contributed by atoms with van der Waals surface area (Å²) in [5.74, 6) is 1.02. The van der Waals surface area contributed by atoms with Crippen molar-refractivity contribution in [2.45, 2.75) is 51.0 Å². The molecule has 1 saturated carbocycles. The van der Waals surface area contributed by atoms with E-state index in [1.165, 1.54) is 51.5 Å². The second-order valence-electron chi connectivity index (χ2n) is 4.78. The zero-order valence-corrected chi connectivity index (χ0v) is 9.13. The first-order valence-electron chi connectivity index (χ1n) is 6.27. The van der Waals surface area contributed by atoms with Crippen molar-refractivity contribution in [2.75, 3.05) is 19.7 Å². The molecule has 14 heavy (non-hydrogen) atoms. The number of ether oxygens (including phenoxy) is 1. The van der Waals surface area contributed by atoms with Gasteiger partial charge in [0.1, 0.15) is 0 Å². The minimum Gasteiger partial charge on any atom is -0.377 e. The van der Waals surface area contributed by atoms with Crippen LogP contribution >= 0.6 is 0 Å². The quantitative estimate of drug-likeness (QED) is 0.683. The van der Waals surface area contributed by atoms with Crippen molar-refractivity contribution in [2.24, 2.45) is 5.92 Å². The number of hydrogen-bond acceptors (Lipinski definition) is 2. The molecule has 0 aromatic carbocycles. The molecule has 0 bridgehead atoms. The molecule has 2 fully saturated rings. The Morgan fingerprint density at radius 3 is 2.64 bits per heavy atom. The summed E-state index contributed by atoms with van der Waals surface area (Å²) in [6, 6.07) is 0. The normalized spacial score (nSPS) is 28.7. The smallest absolute Gasteiger partial charge is 0.0700 e. The highest BCUT2D eigenvalue weighted by Crippen LogP contribution is 2.26. The predicted octanol–water partition coefficient (Wildman–Crippen LogP) is 2.34. The van der Waals surface area contributed by atoms with E-state index < -0.39 is 0 Å². The molecule has 0 radical (unpaired) electrons. The van der Waals surface area contributed by atoms with E-state index in [0.717, 1.165) is 19.1 Å². The summed E-state index contributed by atoms with van der Waals surface area (Å²) in [5, 5.41) is 3.53. The topological polar surface area (TPSA) is 21.3 Å². The van der Waals surface area contributed by atoms with Crippen LogP contribution in [0.1, 0.15) is 44.9 Å². The van der Waals surface area contributed by atoms with Crippen LogP contribution in [0.3, 0.4) is 0 Å². The fourth-order valence-electron chi connectivity index (χ4n) is 2.67. The summed E-state index contributed by atoms with van der Waals surface area (Å²) in [6.07, 6.45) is 10.3. The van der Waals surface area contributed by atoms with Crippen molar-refractivity contribution in [3.05, 3.63) is 0 Å². The second kappa shape index (κ2) is 5.72. The summed E-state index contributed by atoms with van der Waals surface area (Å²) < 4.78 is 5.56. The summed E-state index contributed by atoms with van der Waals surface area (Å²) in [6.45, 7) is 3.26. The molecule has 0 spiro atoms. The Morgan fingerprint density at radius 1 is 1.07 bits per heavy atom. The highest BCUT2D eigenvalue weighted by Gasteiger charge is 2.16. The highest BCUT2D eigenvalue weighted by atomic mass is 16.5. The molecular weight excluding hydrogens is 174 g/mol. The Balaban J connectivity index is 1.46. The predicted molar refractivity (Wildman–Crippen MR) is 58.4 cm³/mol. The molecule has 1 heterocycles. The molecule has 1 aliphatic carbocycles. The molecule has 82 valence electrons. The molecule has 2 heteroatoms. The Hall–Kier alpha value is -0.0800. The Morgan fingerprint density at radius 2 is 1.93 bits per heavy atom. The fraction of sp³-hybridized carbons (Fsp3) is 1.00. The van der Waals surface area contributed by atoms with Gasteiger partial charge in [0.2, 0.25) is 0 Å². The van der Waals surface area contributed by atoms with E-state index in [0.29, 0.717) is 6.10 Å². The van der Waals surface area contributed by atoms with Gasteiger partial charge in [-0.2, -0.15) is 0 Å². The van der Waals surface area contributed by atoms with E-state index >= 15 is 0 Å². The van der Waals surface area contributed by atoms with Crippen LogP contribution in [0.25, 0.3) is 0 Å². The first kappa shape index (κ1) is 10.4. The van der Waals surface area contributed by atoms with E-state index in [1.807, 2.05) is 0 Å². The van der Waals surface area contributed by atoms with Gasteiger partial charge in [-0.3, -0.25) is 0 Å². The molecule has 2 nitrogen and oxygen atoms in total. The van der Waals surface area contributed by atoms with Crippen LogP contribution in [0.5, 0.6) is 0 Å². The maximum Gasteiger partial charge on any atom is 0.0700 e. The van der Waals surface area contributed by atoms with Gasteiger partial charge in [0.05, 0.1) is 6.10 Å². The third-order valence-electron chi connectivity index (χ3n) is 3.60. The van der Waals surface area contributed by atoms with Crippen LogP contribution in [0.2, 0.25) is 0 Å². The molecule has 0 amide bonds. The lowest BCUT2D eigenvalue weighted by Crippen LogP contribution is -2.27. The van der Waals surface area contributed by atoms with E-state index in [1.54, 1.807) is 0 Å². The average Bonchev–Trinajstić information content (AvgIpc) is 2.86. The van der Waals surface area contributed by atoms with Gasteiger partial charge < -0.3 is 10.1 Å². The number of rotatable bonds is 5. The summed E-state index contributed by atoms with van der Waals surface area (Å²) in [7, 11) is 0. The second-order valence-corrected chi connectivity index (χ2v) is 4.78. The van der Waals surface area contributed by atoms with Crippen molar-refractivity contribution in [3.63, 3.8) is 0 Å². The van der Waals surface area contributed by atoms with E-state index in [2.05, 4.69) is 5.32 Å². The van der Waals surface area contributed by atoms with E-state index in [4.69, 9.17) is 4.74 Å². The molecule has 0 aromatic heterocycles. The molecule has 2 rings (SSSR count). The minimum atomic E-state index is 0.513. The van der Waals surface area contributed by atoms with Gasteiger partial charge in [0, 0.05) is 13.2 Å². The van der Waals surface area contributed by atoms with Crippen molar-refractivity contribution in [1.82, 2.24) is 5.32 Å². The molecule has 1 aliphatic heterocycles. The molecule has 1 N–H and O–H groups in total. The Bertz CT molecular complexity index is 130. The van der Waals surface area contributed by atoms with Crippen molar-refractivity contribution in [3.8, 4) is 0 Å². The lowest BCUT2D eigenvalue weighted by molar-refractivity contribution is 0.110. The monoisotopic (exact) mass is 197 g/mol. The number of hydrogen-bond donors (Lipinski definition) is 1. The lowest BCUT2D eigenvalue weighted by Gasteiger charge is -2.12. The molecule has 1 unspecified atom stereocenters. The van der Waals surface area contributed by atoms with Gasteiger partial charge in [-0.15, -0.1) is 0 Å². The van der Waals surface area contributed by atoms with Crippen LogP contribution in [-0.4, -0.2) is 25.8 Å². The SMILES string of the molecule is C1CCC(CCNCC2CCCO2)C1. The molecule has 0 aromatic rings. The van der Waals surface area contributed by atoms with Gasteiger partial charge in [-0.25, -0.2) is 0 Å². The maximum atomic E-state index is 5.56. The highest BCUT2D eigenvalue weighted by molar-refractivity contribution is 4.70. The maximum absolute atomic E-state index is 5.56. The number of nitrogens with one attached hydrogen (secondary N) is 1. The Kier molecular flexibility index (Phi) is 4.26. The van der Waals surface area contributed by atoms with Crippen LogP contribution in [0, 0.1) is 5.92 Å². The summed E-state index contributed by atoms with van der Waals surface area (Å²) in [5.41, 5.74) is 0. The van der Waals surface area contributed by atoms with Crippen LogP contribution in [-0.2, 0) is 4.74 Å². The van der Waals surface area contributed by atoms with Crippen LogP contribution < -0.4 is 5.32 Å². The van der Waals surface area contributed by atoms with Crippen LogP contribution in [0.15, 0.2) is 0 Å². The van der Waals surface area contributed by atoms with Gasteiger partial charge in [0.25, 0.3) is 0 Å². The van der Waals surface area contributed by atoms with Gasteiger partial charge in [-0.1, -0.05) is 25.7 Å².